The summed E-state index contributed by atoms with van der Waals surface area (Å²) in [5.74, 6) is -0.388. The summed E-state index contributed by atoms with van der Waals surface area (Å²) in [7, 11) is 0. The molecule has 0 saturated carbocycles. The van der Waals surface area contributed by atoms with Crippen LogP contribution >= 0.6 is 12.2 Å². The average molecular weight is 355 g/mol. The van der Waals surface area contributed by atoms with Gasteiger partial charge in [-0.15, -0.1) is 0 Å². The Hall–Kier alpha value is -3.39. The van der Waals surface area contributed by atoms with Gasteiger partial charge in [-0.3, -0.25) is 14.9 Å². The molecule has 0 aliphatic heterocycles. The van der Waals surface area contributed by atoms with Gasteiger partial charge in [0, 0.05) is 11.4 Å². The third-order valence-corrected chi connectivity index (χ3v) is 3.32. The third-order valence-electron chi connectivity index (χ3n) is 3.12. The molecule has 3 rings (SSSR count). The molecule has 25 heavy (non-hydrogen) atoms. The molecule has 1 aromatic carbocycles. The number of thiocarbonyl (C=S) groups is 1. The van der Waals surface area contributed by atoms with Gasteiger partial charge in [0.25, 0.3) is 11.8 Å². The van der Waals surface area contributed by atoms with Crippen LogP contribution in [0.3, 0.4) is 0 Å². The molecule has 0 spiro atoms. The van der Waals surface area contributed by atoms with E-state index in [4.69, 9.17) is 21.1 Å². The second-order valence-corrected chi connectivity index (χ2v) is 5.30. The molecule has 0 atom stereocenters. The normalized spacial score (nSPS) is 10.1. The third kappa shape index (κ3) is 4.33. The molecular weight excluding hydrogens is 342 g/mol. The molecule has 7 nitrogen and oxygen atoms in total. The van der Waals surface area contributed by atoms with Crippen molar-refractivity contribution in [3.63, 3.8) is 0 Å². The Balaban J connectivity index is 1.54. The van der Waals surface area contributed by atoms with Crippen LogP contribution in [0.2, 0.25) is 0 Å². The smallest absolute Gasteiger partial charge is 0.293 e. The molecule has 126 valence electrons. The van der Waals surface area contributed by atoms with E-state index in [0.717, 1.165) is 0 Å². The van der Waals surface area contributed by atoms with Gasteiger partial charge in [-0.1, -0.05) is 0 Å². The molecule has 3 N–H and O–H groups in total. The number of benzene rings is 1. The molecule has 0 aliphatic rings. The van der Waals surface area contributed by atoms with E-state index in [1.165, 1.54) is 18.6 Å². The predicted molar refractivity (Wildman–Crippen MR) is 95.5 cm³/mol. The maximum Gasteiger partial charge on any atom is 0.293 e. The lowest BCUT2D eigenvalue weighted by Crippen LogP contribution is -2.33. The van der Waals surface area contributed by atoms with Gasteiger partial charge in [0.05, 0.1) is 12.5 Å². The second-order valence-electron chi connectivity index (χ2n) is 4.89. The van der Waals surface area contributed by atoms with E-state index in [1.807, 2.05) is 0 Å². The number of nitrogens with one attached hydrogen (secondary N) is 3. The molecule has 8 heteroatoms. The van der Waals surface area contributed by atoms with Gasteiger partial charge in [0.1, 0.15) is 0 Å². The number of carbonyl (C=O) groups is 2. The van der Waals surface area contributed by atoms with Crippen molar-refractivity contribution >= 4 is 40.5 Å². The van der Waals surface area contributed by atoms with Crippen molar-refractivity contribution in [1.82, 2.24) is 5.32 Å². The zero-order valence-electron chi connectivity index (χ0n) is 12.8. The van der Waals surface area contributed by atoms with Crippen molar-refractivity contribution in [2.24, 2.45) is 0 Å². The van der Waals surface area contributed by atoms with Crippen LogP contribution in [0.5, 0.6) is 0 Å². The zero-order chi connectivity index (χ0) is 17.6. The SMILES string of the molecule is O=C(NC(=S)Nc1ccc(NC(=O)c2ccco2)cc1)c1ccco1. The van der Waals surface area contributed by atoms with Crippen molar-refractivity contribution in [3.8, 4) is 0 Å². The fraction of sp³-hybridized carbons (Fsp3) is 0. The number of rotatable bonds is 4. The molecule has 0 unspecified atom stereocenters. The van der Waals surface area contributed by atoms with Gasteiger partial charge >= 0.3 is 0 Å². The molecule has 0 aliphatic carbocycles. The van der Waals surface area contributed by atoms with E-state index in [2.05, 4.69) is 16.0 Å². The van der Waals surface area contributed by atoms with Crippen molar-refractivity contribution in [2.45, 2.75) is 0 Å². The number of furan rings is 2. The van der Waals surface area contributed by atoms with E-state index >= 15 is 0 Å². The summed E-state index contributed by atoms with van der Waals surface area (Å²) in [5.41, 5.74) is 1.25. The summed E-state index contributed by atoms with van der Waals surface area (Å²) in [6, 6.07) is 13.2. The minimum Gasteiger partial charge on any atom is -0.459 e. The standard InChI is InChI=1S/C17H13N3O4S/c21-15(13-3-1-9-23-13)18-11-5-7-12(8-6-11)19-17(25)20-16(22)14-4-2-10-24-14/h1-10H,(H,18,21)(H2,19,20,22,25). The van der Waals surface area contributed by atoms with E-state index in [0.29, 0.717) is 11.4 Å². The summed E-state index contributed by atoms with van der Waals surface area (Å²) >= 11 is 5.08. The lowest BCUT2D eigenvalue weighted by Gasteiger charge is -2.09. The highest BCUT2D eigenvalue weighted by Crippen LogP contribution is 2.15. The van der Waals surface area contributed by atoms with Crippen LogP contribution in [0.1, 0.15) is 21.1 Å². The first-order valence-corrected chi connectivity index (χ1v) is 7.63. The van der Waals surface area contributed by atoms with Gasteiger partial charge in [0.2, 0.25) is 0 Å². The van der Waals surface area contributed by atoms with Gasteiger partial charge in [-0.05, 0) is 60.7 Å². The number of hydrogen-bond acceptors (Lipinski definition) is 5. The van der Waals surface area contributed by atoms with E-state index in [-0.39, 0.29) is 22.5 Å². The molecule has 3 aromatic rings. The summed E-state index contributed by atoms with van der Waals surface area (Å²) in [4.78, 5) is 23.7. The minimum absolute atomic E-state index is 0.133. The van der Waals surface area contributed by atoms with Gasteiger partial charge < -0.3 is 19.5 Å². The van der Waals surface area contributed by atoms with E-state index in [1.54, 1.807) is 42.5 Å². The molecule has 0 fully saturated rings. The maximum absolute atomic E-state index is 11.9. The Morgan fingerprint density at radius 3 is 1.80 bits per heavy atom. The minimum atomic E-state index is -0.440. The number of carbonyl (C=O) groups excluding carboxylic acids is 2. The zero-order valence-corrected chi connectivity index (χ0v) is 13.6. The largest absolute Gasteiger partial charge is 0.459 e. The van der Waals surface area contributed by atoms with Crippen molar-refractivity contribution in [2.75, 3.05) is 10.6 Å². The monoisotopic (exact) mass is 355 g/mol. The van der Waals surface area contributed by atoms with Gasteiger partial charge in [0.15, 0.2) is 16.6 Å². The fourth-order valence-corrected chi connectivity index (χ4v) is 2.18. The Morgan fingerprint density at radius 1 is 0.760 bits per heavy atom. The van der Waals surface area contributed by atoms with Crippen LogP contribution in [-0.2, 0) is 0 Å². The summed E-state index contributed by atoms with van der Waals surface area (Å²) < 4.78 is 10.0. The summed E-state index contributed by atoms with van der Waals surface area (Å²) in [6.07, 6.45) is 2.83. The van der Waals surface area contributed by atoms with Gasteiger partial charge in [-0.2, -0.15) is 0 Å². The number of amides is 2. The van der Waals surface area contributed by atoms with E-state index in [9.17, 15) is 9.59 Å². The Morgan fingerprint density at radius 2 is 1.28 bits per heavy atom. The van der Waals surface area contributed by atoms with Crippen molar-refractivity contribution in [3.05, 3.63) is 72.6 Å². The van der Waals surface area contributed by atoms with Crippen LogP contribution in [0, 0.1) is 0 Å². The lowest BCUT2D eigenvalue weighted by molar-refractivity contribution is 0.0949. The topological polar surface area (TPSA) is 96.5 Å². The van der Waals surface area contributed by atoms with Gasteiger partial charge in [-0.25, -0.2) is 0 Å². The van der Waals surface area contributed by atoms with Crippen molar-refractivity contribution in [1.29, 1.82) is 0 Å². The first kappa shape index (κ1) is 16.5. The van der Waals surface area contributed by atoms with Crippen molar-refractivity contribution < 1.29 is 18.4 Å². The number of hydrogen-bond donors (Lipinski definition) is 3. The molecule has 2 heterocycles. The molecule has 2 aromatic heterocycles. The van der Waals surface area contributed by atoms with Crippen LogP contribution in [0.25, 0.3) is 0 Å². The molecule has 0 radical (unpaired) electrons. The Kier molecular flexibility index (Phi) is 4.91. The molecule has 0 saturated heterocycles. The number of anilines is 2. The average Bonchev–Trinajstić information content (AvgIpc) is 3.30. The maximum atomic E-state index is 11.9. The Bertz CT molecular complexity index is 871. The molecular formula is C17H13N3O4S. The highest BCUT2D eigenvalue weighted by molar-refractivity contribution is 7.80. The lowest BCUT2D eigenvalue weighted by atomic mass is 10.2. The highest BCUT2D eigenvalue weighted by atomic mass is 32.1. The highest BCUT2D eigenvalue weighted by Gasteiger charge is 2.11. The second kappa shape index (κ2) is 7.45. The summed E-state index contributed by atoms with van der Waals surface area (Å²) in [6.45, 7) is 0. The van der Waals surface area contributed by atoms with Crippen LogP contribution < -0.4 is 16.0 Å². The first-order valence-electron chi connectivity index (χ1n) is 7.22. The first-order chi connectivity index (χ1) is 12.1. The molecule has 0 bridgehead atoms. The quantitative estimate of drug-likeness (QED) is 0.622. The Labute approximate surface area is 148 Å². The van der Waals surface area contributed by atoms with Crippen LogP contribution in [0.4, 0.5) is 11.4 Å². The van der Waals surface area contributed by atoms with E-state index < -0.39 is 5.91 Å². The van der Waals surface area contributed by atoms with Crippen LogP contribution in [0.15, 0.2) is 69.9 Å². The predicted octanol–water partition coefficient (Wildman–Crippen LogP) is 3.25. The summed E-state index contributed by atoms with van der Waals surface area (Å²) in [5, 5.41) is 8.20. The molecule has 2 amide bonds. The van der Waals surface area contributed by atoms with Crippen LogP contribution in [-0.4, -0.2) is 16.9 Å². The fourth-order valence-electron chi connectivity index (χ4n) is 1.97.